The molecule has 0 bridgehead atoms. The Hall–Kier alpha value is -1.34. The van der Waals surface area contributed by atoms with Crippen LogP contribution in [0.4, 0.5) is 0 Å². The number of allylic oxidation sites excluding steroid dienone is 1. The molecule has 0 aliphatic heterocycles. The summed E-state index contributed by atoms with van der Waals surface area (Å²) in [6.07, 6.45) is 18.0. The first-order valence-electron chi connectivity index (χ1n) is 16.2. The number of esters is 1. The fraction of sp³-hybridized carbons (Fsp3) is 0.853. The van der Waals surface area contributed by atoms with E-state index in [9.17, 15) is 14.4 Å². The average Bonchev–Trinajstić information content (AvgIpc) is 2.92. The van der Waals surface area contributed by atoms with Gasteiger partial charge < -0.3 is 15.2 Å². The van der Waals surface area contributed by atoms with Gasteiger partial charge in [-0.1, -0.05) is 110 Å². The first kappa shape index (κ1) is 39.7. The van der Waals surface area contributed by atoms with E-state index in [4.69, 9.17) is 9.84 Å². The van der Waals surface area contributed by atoms with Crippen LogP contribution in [-0.4, -0.2) is 54.0 Å². The number of carbonyl (C=O) groups excluding carboxylic acids is 3. The van der Waals surface area contributed by atoms with Crippen molar-refractivity contribution in [2.45, 2.75) is 137 Å². The number of ether oxygens (including phenoxy) is 1. The van der Waals surface area contributed by atoms with Crippen molar-refractivity contribution in [2.75, 3.05) is 25.2 Å². The van der Waals surface area contributed by atoms with E-state index in [-0.39, 0.29) is 12.8 Å². The van der Waals surface area contributed by atoms with E-state index in [1.165, 1.54) is 83.3 Å². The summed E-state index contributed by atoms with van der Waals surface area (Å²) in [5, 5.41) is 11.4. The molecule has 0 aromatic heterocycles. The molecule has 4 atom stereocenters. The van der Waals surface area contributed by atoms with Gasteiger partial charge in [-0.15, -0.1) is 0 Å². The summed E-state index contributed by atoms with van der Waals surface area (Å²) >= 11 is 1.57. The largest absolute Gasteiger partial charge is 0.467 e. The Balaban J connectivity index is 4.05. The van der Waals surface area contributed by atoms with Crippen LogP contribution in [0.15, 0.2) is 11.6 Å². The Kier molecular flexibility index (Phi) is 24.4. The summed E-state index contributed by atoms with van der Waals surface area (Å²) in [5.74, 6) is 3.21. The van der Waals surface area contributed by atoms with Gasteiger partial charge in [0.05, 0.1) is 7.11 Å². The number of aliphatic hydroxyl groups is 1. The molecule has 0 rings (SSSR count). The molecule has 6 nitrogen and oxygen atoms in total. The number of aliphatic hydroxyl groups excluding tert-OH is 1. The zero-order valence-electron chi connectivity index (χ0n) is 27.5. The summed E-state index contributed by atoms with van der Waals surface area (Å²) in [6.45, 7) is 13.5. The first-order valence-corrected chi connectivity index (χ1v) is 17.4. The molecule has 0 aliphatic rings. The Morgan fingerprint density at radius 2 is 1.29 bits per heavy atom. The van der Waals surface area contributed by atoms with Crippen LogP contribution >= 0.6 is 11.8 Å². The summed E-state index contributed by atoms with van der Waals surface area (Å²) in [5.41, 5.74) is 1.36. The van der Waals surface area contributed by atoms with Gasteiger partial charge in [0.1, 0.15) is 12.6 Å². The van der Waals surface area contributed by atoms with Crippen LogP contribution in [0.3, 0.4) is 0 Å². The number of nitrogens with one attached hydrogen (secondary N) is 1. The molecule has 0 aromatic carbocycles. The van der Waals surface area contributed by atoms with Gasteiger partial charge in [-0.05, 0) is 43.4 Å². The van der Waals surface area contributed by atoms with Gasteiger partial charge >= 0.3 is 5.97 Å². The highest BCUT2D eigenvalue weighted by molar-refractivity contribution is 7.99. The fourth-order valence-corrected chi connectivity index (χ4v) is 6.06. The molecule has 41 heavy (non-hydrogen) atoms. The highest BCUT2D eigenvalue weighted by Crippen LogP contribution is 2.23. The second-order valence-electron chi connectivity index (χ2n) is 12.8. The number of methoxy groups -OCH3 is 1. The zero-order valence-corrected chi connectivity index (χ0v) is 28.3. The molecule has 0 aromatic rings. The predicted octanol–water partition coefficient (Wildman–Crippen LogP) is 7.91. The van der Waals surface area contributed by atoms with Crippen LogP contribution < -0.4 is 5.32 Å². The normalized spacial score (nSPS) is 14.9. The van der Waals surface area contributed by atoms with Gasteiger partial charge in [0.2, 0.25) is 5.91 Å². The van der Waals surface area contributed by atoms with Gasteiger partial charge in [0, 0.05) is 24.3 Å². The van der Waals surface area contributed by atoms with Gasteiger partial charge in [0.25, 0.3) is 0 Å². The summed E-state index contributed by atoms with van der Waals surface area (Å²) in [6, 6.07) is -0.748. The molecule has 0 fully saturated rings. The van der Waals surface area contributed by atoms with Crippen LogP contribution in [0.2, 0.25) is 0 Å². The lowest BCUT2D eigenvalue weighted by molar-refractivity contribution is -0.144. The quantitative estimate of drug-likeness (QED) is 0.0598. The van der Waals surface area contributed by atoms with E-state index in [1.807, 2.05) is 0 Å². The number of amides is 1. The molecular weight excluding hydrogens is 534 g/mol. The topological polar surface area (TPSA) is 92.7 Å². The van der Waals surface area contributed by atoms with E-state index in [0.29, 0.717) is 5.75 Å². The summed E-state index contributed by atoms with van der Waals surface area (Å²) in [4.78, 5) is 35.3. The van der Waals surface area contributed by atoms with Crippen molar-refractivity contribution < 1.29 is 24.2 Å². The van der Waals surface area contributed by atoms with Gasteiger partial charge in [-0.25, -0.2) is 4.79 Å². The number of hydrogen-bond donors (Lipinski definition) is 2. The van der Waals surface area contributed by atoms with E-state index >= 15 is 0 Å². The first-order chi connectivity index (χ1) is 19.5. The molecule has 0 saturated carbocycles. The monoisotopic (exact) mass is 597 g/mol. The maximum atomic E-state index is 12.0. The smallest absolute Gasteiger partial charge is 0.329 e. The Bertz CT molecular complexity index is 739. The van der Waals surface area contributed by atoms with Gasteiger partial charge in [-0.2, -0.15) is 11.8 Å². The van der Waals surface area contributed by atoms with Crippen molar-refractivity contribution in [1.29, 1.82) is 0 Å². The minimum Gasteiger partial charge on any atom is -0.467 e. The molecular formula is C34H63NO5S. The third-order valence-electron chi connectivity index (χ3n) is 8.00. The van der Waals surface area contributed by atoms with Gasteiger partial charge in [-0.3, -0.25) is 9.59 Å². The lowest BCUT2D eigenvalue weighted by Gasteiger charge is -2.16. The molecule has 0 spiro atoms. The van der Waals surface area contributed by atoms with Gasteiger partial charge in [0.15, 0.2) is 5.78 Å². The SMILES string of the molecule is COC(=O)C(CSC/C=C(\C)CCCC(C)CCCC(C)CCCC(C)CCCC(C)C)NC(=O)CCC(=O)CO. The van der Waals surface area contributed by atoms with Crippen molar-refractivity contribution in [3.63, 3.8) is 0 Å². The number of thioether (sulfide) groups is 1. The van der Waals surface area contributed by atoms with Crippen molar-refractivity contribution >= 4 is 29.4 Å². The Morgan fingerprint density at radius 1 is 0.780 bits per heavy atom. The van der Waals surface area contributed by atoms with Crippen molar-refractivity contribution in [1.82, 2.24) is 5.32 Å². The number of carbonyl (C=O) groups is 3. The number of rotatable bonds is 26. The molecule has 1 amide bonds. The second kappa shape index (κ2) is 25.2. The maximum Gasteiger partial charge on any atom is 0.329 e. The highest BCUT2D eigenvalue weighted by atomic mass is 32.2. The lowest BCUT2D eigenvalue weighted by Crippen LogP contribution is -2.43. The third-order valence-corrected chi connectivity index (χ3v) is 8.97. The number of ketones is 1. The van der Waals surface area contributed by atoms with Crippen LogP contribution in [-0.2, 0) is 19.1 Å². The zero-order chi connectivity index (χ0) is 31.0. The second-order valence-corrected chi connectivity index (χ2v) is 13.9. The third kappa shape index (κ3) is 23.9. The molecule has 0 heterocycles. The Labute approximate surface area is 256 Å². The lowest BCUT2D eigenvalue weighted by atomic mass is 9.90. The van der Waals surface area contributed by atoms with E-state index < -0.39 is 30.3 Å². The van der Waals surface area contributed by atoms with Crippen molar-refractivity contribution in [3.8, 4) is 0 Å². The minimum absolute atomic E-state index is 0.0404. The molecule has 240 valence electrons. The van der Waals surface area contributed by atoms with Crippen LogP contribution in [0.5, 0.6) is 0 Å². The molecule has 0 radical (unpaired) electrons. The summed E-state index contributed by atoms with van der Waals surface area (Å²) in [7, 11) is 1.30. The minimum atomic E-state index is -0.748. The van der Waals surface area contributed by atoms with E-state index in [2.05, 4.69) is 52.9 Å². The predicted molar refractivity (Wildman–Crippen MR) is 174 cm³/mol. The molecule has 0 saturated heterocycles. The van der Waals surface area contributed by atoms with E-state index in [1.54, 1.807) is 11.8 Å². The fourth-order valence-electron chi connectivity index (χ4n) is 5.07. The van der Waals surface area contributed by atoms with Crippen LogP contribution in [0.25, 0.3) is 0 Å². The Morgan fingerprint density at radius 3 is 1.78 bits per heavy atom. The van der Waals surface area contributed by atoms with E-state index in [0.717, 1.165) is 35.8 Å². The molecule has 7 heteroatoms. The number of Topliss-reactive ketones (excluding diaryl/α,β-unsaturated/α-hetero) is 1. The molecule has 4 unspecified atom stereocenters. The van der Waals surface area contributed by atoms with Crippen molar-refractivity contribution in [2.24, 2.45) is 23.7 Å². The molecule has 2 N–H and O–H groups in total. The number of hydrogen-bond acceptors (Lipinski definition) is 6. The maximum absolute atomic E-state index is 12.0. The molecule has 0 aliphatic carbocycles. The standard InChI is InChI=1S/C34H63NO5S/c1-26(2)12-8-13-27(3)14-9-15-28(4)16-10-17-29(5)18-11-19-30(6)22-23-41-25-32(34(39)40-7)35-33(38)21-20-31(37)24-36/h22,26-29,32,36H,8-21,23-25H2,1-7H3,(H,35,38)/b30-22+. The summed E-state index contributed by atoms with van der Waals surface area (Å²) < 4.78 is 4.81. The van der Waals surface area contributed by atoms with Crippen molar-refractivity contribution in [3.05, 3.63) is 11.6 Å². The average molecular weight is 598 g/mol. The van der Waals surface area contributed by atoms with Crippen LogP contribution in [0, 0.1) is 23.7 Å². The van der Waals surface area contributed by atoms with Crippen LogP contribution in [0.1, 0.15) is 131 Å². The highest BCUT2D eigenvalue weighted by Gasteiger charge is 2.21.